The van der Waals surface area contributed by atoms with Crippen LogP contribution in [0.4, 0.5) is 0 Å². The van der Waals surface area contributed by atoms with Gasteiger partial charge in [0.2, 0.25) is 0 Å². The Labute approximate surface area is 125 Å². The summed E-state index contributed by atoms with van der Waals surface area (Å²) in [7, 11) is 0. The zero-order valence-corrected chi connectivity index (χ0v) is 14.1. The van der Waals surface area contributed by atoms with E-state index in [0.29, 0.717) is 5.41 Å². The normalized spacial score (nSPS) is 44.5. The minimum absolute atomic E-state index is 0.518. The lowest BCUT2D eigenvalue weighted by Crippen LogP contribution is -2.44. The van der Waals surface area contributed by atoms with Crippen LogP contribution in [0, 0.1) is 35.0 Å². The molecule has 3 rings (SSSR count). The molecule has 0 bridgehead atoms. The summed E-state index contributed by atoms with van der Waals surface area (Å²) in [4.78, 5) is 0. The van der Waals surface area contributed by atoms with E-state index in [-0.39, 0.29) is 0 Å². The summed E-state index contributed by atoms with van der Waals surface area (Å²) < 4.78 is 0. The summed E-state index contributed by atoms with van der Waals surface area (Å²) in [6, 6.07) is 0. The van der Waals surface area contributed by atoms with Crippen LogP contribution in [-0.4, -0.2) is 0 Å². The molecular weight excluding hydrogens is 240 g/mol. The van der Waals surface area contributed by atoms with Crippen LogP contribution >= 0.6 is 0 Å². The van der Waals surface area contributed by atoms with Crippen LogP contribution in [0.2, 0.25) is 0 Å². The molecule has 0 aliphatic heterocycles. The highest BCUT2D eigenvalue weighted by Crippen LogP contribution is 2.63. The van der Waals surface area contributed by atoms with Crippen LogP contribution in [0.1, 0.15) is 66.7 Å². The Morgan fingerprint density at radius 1 is 1.15 bits per heavy atom. The quantitative estimate of drug-likeness (QED) is 0.514. The zero-order valence-electron chi connectivity index (χ0n) is 14.1. The zero-order chi connectivity index (χ0) is 14.5. The molecule has 2 fully saturated rings. The lowest BCUT2D eigenvalue weighted by molar-refractivity contribution is 0.0346. The third-order valence-electron chi connectivity index (χ3n) is 6.89. The van der Waals surface area contributed by atoms with Crippen molar-refractivity contribution in [3.63, 3.8) is 0 Å². The van der Waals surface area contributed by atoms with E-state index in [4.69, 9.17) is 0 Å². The first-order chi connectivity index (χ1) is 9.46. The Bertz CT molecular complexity index is 439. The summed E-state index contributed by atoms with van der Waals surface area (Å²) in [6.07, 6.45) is 12.3. The van der Waals surface area contributed by atoms with Gasteiger partial charge < -0.3 is 0 Å². The van der Waals surface area contributed by atoms with Crippen molar-refractivity contribution in [3.8, 4) is 0 Å². The molecule has 0 N–H and O–H groups in total. The fraction of sp³-hybridized carbons (Fsp3) is 0.800. The Hall–Kier alpha value is -0.520. The molecule has 0 saturated heterocycles. The van der Waals surface area contributed by atoms with Crippen LogP contribution in [0.3, 0.4) is 0 Å². The van der Waals surface area contributed by atoms with Crippen molar-refractivity contribution < 1.29 is 0 Å². The van der Waals surface area contributed by atoms with Gasteiger partial charge in [0.25, 0.3) is 0 Å². The summed E-state index contributed by atoms with van der Waals surface area (Å²) in [5.74, 6) is 4.23. The van der Waals surface area contributed by atoms with Crippen molar-refractivity contribution in [1.29, 1.82) is 0 Å². The van der Waals surface area contributed by atoms with Gasteiger partial charge in [-0.2, -0.15) is 0 Å². The third kappa shape index (κ3) is 1.94. The van der Waals surface area contributed by atoms with Crippen molar-refractivity contribution in [3.05, 3.63) is 23.3 Å². The van der Waals surface area contributed by atoms with Gasteiger partial charge in [0.15, 0.2) is 0 Å². The number of hydrogen-bond acceptors (Lipinski definition) is 0. The highest BCUT2D eigenvalue weighted by atomic mass is 14.6. The fourth-order valence-corrected chi connectivity index (χ4v) is 5.75. The predicted octanol–water partition coefficient (Wildman–Crippen LogP) is 6.00. The molecule has 1 spiro atoms. The first kappa shape index (κ1) is 14.4. The molecule has 0 aromatic heterocycles. The average Bonchev–Trinajstić information content (AvgIpc) is 2.62. The first-order valence-electron chi connectivity index (χ1n) is 8.84. The largest absolute Gasteiger partial charge is 0.0810 e. The second kappa shape index (κ2) is 5.04. The maximum absolute atomic E-state index is 2.70. The molecule has 5 atom stereocenters. The molecule has 0 aromatic rings. The van der Waals surface area contributed by atoms with Gasteiger partial charge in [-0.3, -0.25) is 0 Å². The fourth-order valence-electron chi connectivity index (χ4n) is 5.75. The summed E-state index contributed by atoms with van der Waals surface area (Å²) in [6.45, 7) is 12.3. The van der Waals surface area contributed by atoms with Gasteiger partial charge in [-0.05, 0) is 68.6 Å². The summed E-state index contributed by atoms with van der Waals surface area (Å²) in [5, 5.41) is 0. The molecule has 0 nitrogen and oxygen atoms in total. The Morgan fingerprint density at radius 3 is 2.60 bits per heavy atom. The SMILES string of the molecule is CC1=C[C@@H]2[C@H](C(C)C)CC[C@@H](C)[C@@]23CC[C@H](C)C3=CC1. The van der Waals surface area contributed by atoms with E-state index in [1.54, 1.807) is 5.57 Å². The molecule has 20 heavy (non-hydrogen) atoms. The van der Waals surface area contributed by atoms with E-state index >= 15 is 0 Å². The second-order valence-corrected chi connectivity index (χ2v) is 8.27. The molecule has 112 valence electrons. The van der Waals surface area contributed by atoms with Crippen LogP contribution in [0.25, 0.3) is 0 Å². The number of hydrogen-bond donors (Lipinski definition) is 0. The molecule has 0 heterocycles. The Kier molecular flexibility index (Phi) is 3.63. The lowest BCUT2D eigenvalue weighted by atomic mass is 9.52. The molecule has 0 heteroatoms. The van der Waals surface area contributed by atoms with E-state index in [1.165, 1.54) is 32.1 Å². The second-order valence-electron chi connectivity index (χ2n) is 8.27. The molecule has 3 aliphatic carbocycles. The topological polar surface area (TPSA) is 0 Å². The van der Waals surface area contributed by atoms with Gasteiger partial charge >= 0.3 is 0 Å². The first-order valence-corrected chi connectivity index (χ1v) is 8.84. The maximum atomic E-state index is 2.70. The van der Waals surface area contributed by atoms with Crippen LogP contribution in [0.5, 0.6) is 0 Å². The minimum atomic E-state index is 0.518. The molecule has 0 radical (unpaired) electrons. The van der Waals surface area contributed by atoms with E-state index in [9.17, 15) is 0 Å². The van der Waals surface area contributed by atoms with Crippen LogP contribution < -0.4 is 0 Å². The van der Waals surface area contributed by atoms with Gasteiger partial charge in [-0.1, -0.05) is 51.0 Å². The van der Waals surface area contributed by atoms with Crippen molar-refractivity contribution in [2.45, 2.75) is 66.7 Å². The predicted molar refractivity (Wildman–Crippen MR) is 87.5 cm³/mol. The maximum Gasteiger partial charge on any atom is 0.000603 e. The monoisotopic (exact) mass is 272 g/mol. The van der Waals surface area contributed by atoms with Gasteiger partial charge in [0.05, 0.1) is 0 Å². The molecular formula is C20H32. The van der Waals surface area contributed by atoms with Crippen molar-refractivity contribution in [2.75, 3.05) is 0 Å². The van der Waals surface area contributed by atoms with Gasteiger partial charge in [0, 0.05) is 5.41 Å². The van der Waals surface area contributed by atoms with Gasteiger partial charge in [0.1, 0.15) is 0 Å². The molecule has 2 saturated carbocycles. The Morgan fingerprint density at radius 2 is 1.90 bits per heavy atom. The van der Waals surface area contributed by atoms with Crippen molar-refractivity contribution >= 4 is 0 Å². The van der Waals surface area contributed by atoms with E-state index in [1.807, 2.05) is 5.57 Å². The van der Waals surface area contributed by atoms with E-state index < -0.39 is 0 Å². The lowest BCUT2D eigenvalue weighted by Gasteiger charge is -2.52. The van der Waals surface area contributed by atoms with Gasteiger partial charge in [-0.25, -0.2) is 0 Å². The molecule has 0 unspecified atom stereocenters. The smallest absolute Gasteiger partial charge is 0.000603 e. The van der Waals surface area contributed by atoms with E-state index in [2.05, 4.69) is 46.8 Å². The van der Waals surface area contributed by atoms with E-state index in [0.717, 1.165) is 29.6 Å². The van der Waals surface area contributed by atoms with Crippen molar-refractivity contribution in [1.82, 2.24) is 0 Å². The highest BCUT2D eigenvalue weighted by Gasteiger charge is 2.55. The molecule has 3 aliphatic rings. The highest BCUT2D eigenvalue weighted by molar-refractivity contribution is 5.33. The Balaban J connectivity index is 2.12. The van der Waals surface area contributed by atoms with Crippen LogP contribution in [-0.2, 0) is 0 Å². The molecule has 0 amide bonds. The van der Waals surface area contributed by atoms with Gasteiger partial charge in [-0.15, -0.1) is 0 Å². The summed E-state index contributed by atoms with van der Waals surface area (Å²) in [5.41, 5.74) is 3.97. The average molecular weight is 272 g/mol. The molecule has 0 aromatic carbocycles. The van der Waals surface area contributed by atoms with Crippen molar-refractivity contribution in [2.24, 2.45) is 35.0 Å². The summed E-state index contributed by atoms with van der Waals surface area (Å²) >= 11 is 0. The minimum Gasteiger partial charge on any atom is -0.0810 e. The van der Waals surface area contributed by atoms with Crippen LogP contribution in [0.15, 0.2) is 23.3 Å². The standard InChI is InChI=1S/C20H32/c1-13(2)17-8-7-16(5)20-11-10-15(4)18(20)9-6-14(3)12-19(17)20/h9,12-13,15-17,19H,6-8,10-11H2,1-5H3/t15-,16+,17-,19+,20+/m0/s1. The number of allylic oxidation sites excluding steroid dienone is 4. The third-order valence-corrected chi connectivity index (χ3v) is 6.89. The number of rotatable bonds is 1.